The number of fused-ring (bicyclic) bond motifs is 3. The number of pyridine rings is 2. The van der Waals surface area contributed by atoms with Crippen LogP contribution in [0, 0.1) is 6.92 Å². The van der Waals surface area contributed by atoms with Gasteiger partial charge in [0.2, 0.25) is 5.88 Å². The van der Waals surface area contributed by atoms with E-state index < -0.39 is 0 Å². The van der Waals surface area contributed by atoms with E-state index in [2.05, 4.69) is 15.1 Å². The molecule has 1 aromatic carbocycles. The first-order chi connectivity index (χ1) is 17.1. The minimum atomic E-state index is -0.168. The summed E-state index contributed by atoms with van der Waals surface area (Å²) in [6.07, 6.45) is 5.67. The summed E-state index contributed by atoms with van der Waals surface area (Å²) in [4.78, 5) is 35.4. The Morgan fingerprint density at radius 3 is 2.83 bits per heavy atom. The second-order valence-electron chi connectivity index (χ2n) is 9.31. The standard InChI is InChI=1S/C26H27N5O4/c1-16-12-22-20(24-21(25(32)29-22)14-28-31(24)17-6-10-34-11-7-17)13-19(16)26(33)30-9-5-18(15-30)35-23-4-2-3-8-27-23/h2-4,8,12-14,17-18H,5-7,9-11,15H2,1H3,(H,29,32)/t18-/m1/s1. The van der Waals surface area contributed by atoms with Gasteiger partial charge in [0.25, 0.3) is 11.5 Å². The number of carbonyl (C=O) groups is 1. The van der Waals surface area contributed by atoms with Gasteiger partial charge in [-0.25, -0.2) is 4.98 Å². The van der Waals surface area contributed by atoms with E-state index in [9.17, 15) is 9.59 Å². The maximum absolute atomic E-state index is 13.6. The molecule has 2 saturated heterocycles. The van der Waals surface area contributed by atoms with Gasteiger partial charge >= 0.3 is 0 Å². The second-order valence-corrected chi connectivity index (χ2v) is 9.31. The third kappa shape index (κ3) is 3.95. The number of H-pyrrole nitrogens is 1. The number of benzene rings is 1. The van der Waals surface area contributed by atoms with Gasteiger partial charge in [-0.15, -0.1) is 0 Å². The van der Waals surface area contributed by atoms with Crippen LogP contribution in [0.1, 0.15) is 41.2 Å². The van der Waals surface area contributed by atoms with E-state index in [4.69, 9.17) is 9.47 Å². The van der Waals surface area contributed by atoms with Gasteiger partial charge in [0.1, 0.15) is 6.10 Å². The second kappa shape index (κ2) is 8.81. The molecule has 6 rings (SSSR count). The Morgan fingerprint density at radius 2 is 2.03 bits per heavy atom. The molecular weight excluding hydrogens is 446 g/mol. The quantitative estimate of drug-likeness (QED) is 0.488. The van der Waals surface area contributed by atoms with E-state index >= 15 is 0 Å². The van der Waals surface area contributed by atoms with Gasteiger partial charge in [-0.1, -0.05) is 6.07 Å². The molecule has 3 aromatic heterocycles. The van der Waals surface area contributed by atoms with Crippen LogP contribution in [0.25, 0.3) is 21.8 Å². The zero-order valence-electron chi connectivity index (χ0n) is 19.6. The smallest absolute Gasteiger partial charge is 0.259 e. The van der Waals surface area contributed by atoms with Crippen molar-refractivity contribution in [2.45, 2.75) is 38.3 Å². The van der Waals surface area contributed by atoms with E-state index in [0.29, 0.717) is 48.6 Å². The Kier molecular flexibility index (Phi) is 5.49. The summed E-state index contributed by atoms with van der Waals surface area (Å²) in [6, 6.07) is 9.52. The maximum Gasteiger partial charge on any atom is 0.259 e. The Hall–Kier alpha value is -3.72. The van der Waals surface area contributed by atoms with E-state index in [1.807, 2.05) is 46.8 Å². The van der Waals surface area contributed by atoms with Gasteiger partial charge in [0, 0.05) is 49.4 Å². The van der Waals surface area contributed by atoms with E-state index in [0.717, 1.165) is 35.7 Å². The molecule has 180 valence electrons. The average molecular weight is 474 g/mol. The Balaban J connectivity index is 1.35. The summed E-state index contributed by atoms with van der Waals surface area (Å²) in [5.41, 5.74) is 2.77. The molecule has 9 nitrogen and oxygen atoms in total. The zero-order valence-corrected chi connectivity index (χ0v) is 19.6. The predicted molar refractivity (Wildman–Crippen MR) is 131 cm³/mol. The topological polar surface area (TPSA) is 102 Å². The number of nitrogens with one attached hydrogen (secondary N) is 1. The van der Waals surface area contributed by atoms with Gasteiger partial charge < -0.3 is 19.4 Å². The molecule has 0 saturated carbocycles. The monoisotopic (exact) mass is 473 g/mol. The molecule has 4 aromatic rings. The minimum Gasteiger partial charge on any atom is -0.472 e. The number of carbonyl (C=O) groups excluding carboxylic acids is 1. The van der Waals surface area contributed by atoms with Crippen LogP contribution in [0.15, 0.2) is 47.5 Å². The van der Waals surface area contributed by atoms with E-state index in [1.54, 1.807) is 12.4 Å². The highest BCUT2D eigenvalue weighted by atomic mass is 16.5. The van der Waals surface area contributed by atoms with Gasteiger partial charge in [-0.3, -0.25) is 14.3 Å². The molecule has 35 heavy (non-hydrogen) atoms. The number of amides is 1. The van der Waals surface area contributed by atoms with Crippen LogP contribution >= 0.6 is 0 Å². The highest BCUT2D eigenvalue weighted by molar-refractivity contribution is 6.07. The third-order valence-electron chi connectivity index (χ3n) is 7.03. The van der Waals surface area contributed by atoms with E-state index in [1.165, 1.54) is 0 Å². The fourth-order valence-electron chi connectivity index (χ4n) is 5.20. The van der Waals surface area contributed by atoms with Gasteiger partial charge in [0.05, 0.1) is 35.2 Å². The molecule has 1 amide bonds. The molecular formula is C26H27N5O4. The summed E-state index contributed by atoms with van der Waals surface area (Å²) < 4.78 is 13.4. The first kappa shape index (κ1) is 21.8. The van der Waals surface area contributed by atoms with Gasteiger partial charge in [-0.2, -0.15) is 5.10 Å². The Labute approximate surface area is 201 Å². The molecule has 2 aliphatic heterocycles. The van der Waals surface area contributed by atoms with Gasteiger partial charge in [0.15, 0.2) is 0 Å². The third-order valence-corrected chi connectivity index (χ3v) is 7.03. The first-order valence-corrected chi connectivity index (χ1v) is 12.1. The zero-order chi connectivity index (χ0) is 23.9. The molecule has 0 aliphatic carbocycles. The predicted octanol–water partition coefficient (Wildman–Crippen LogP) is 3.23. The Morgan fingerprint density at radius 1 is 1.17 bits per heavy atom. The molecule has 0 radical (unpaired) electrons. The van der Waals surface area contributed by atoms with Crippen LogP contribution in [0.3, 0.4) is 0 Å². The number of aromatic amines is 1. The number of hydrogen-bond donors (Lipinski definition) is 1. The molecule has 9 heteroatoms. The van der Waals surface area contributed by atoms with E-state index in [-0.39, 0.29) is 23.6 Å². The number of nitrogens with zero attached hydrogens (tertiary/aromatic N) is 4. The maximum atomic E-state index is 13.6. The molecule has 2 fully saturated rings. The van der Waals surface area contributed by atoms with Crippen LogP contribution in [-0.2, 0) is 4.74 Å². The fourth-order valence-corrected chi connectivity index (χ4v) is 5.20. The molecule has 2 aliphatic rings. The van der Waals surface area contributed by atoms with Crippen LogP contribution in [0.2, 0.25) is 0 Å². The molecule has 0 spiro atoms. The van der Waals surface area contributed by atoms with Crippen LogP contribution < -0.4 is 10.3 Å². The van der Waals surface area contributed by atoms with Crippen LogP contribution in [-0.4, -0.2) is 63.0 Å². The lowest BCUT2D eigenvalue weighted by molar-refractivity contribution is 0.0675. The number of aryl methyl sites for hydroxylation is 1. The number of hydrogen-bond acceptors (Lipinski definition) is 6. The summed E-state index contributed by atoms with van der Waals surface area (Å²) in [7, 11) is 0. The van der Waals surface area contributed by atoms with Crippen molar-refractivity contribution in [3.63, 3.8) is 0 Å². The van der Waals surface area contributed by atoms with Crippen molar-refractivity contribution in [2.75, 3.05) is 26.3 Å². The van der Waals surface area contributed by atoms with Crippen molar-refractivity contribution in [3.8, 4) is 5.88 Å². The highest BCUT2D eigenvalue weighted by Gasteiger charge is 2.30. The molecule has 0 bridgehead atoms. The lowest BCUT2D eigenvalue weighted by Gasteiger charge is -2.23. The lowest BCUT2D eigenvalue weighted by atomic mass is 10.0. The van der Waals surface area contributed by atoms with Crippen LogP contribution in [0.5, 0.6) is 5.88 Å². The molecule has 1 atom stereocenters. The number of rotatable bonds is 4. The number of likely N-dealkylation sites (tertiary alicyclic amines) is 1. The minimum absolute atomic E-state index is 0.0343. The summed E-state index contributed by atoms with van der Waals surface area (Å²) in [5, 5.41) is 5.95. The van der Waals surface area contributed by atoms with Gasteiger partial charge in [-0.05, 0) is 43.5 Å². The van der Waals surface area contributed by atoms with Crippen molar-refractivity contribution in [2.24, 2.45) is 0 Å². The van der Waals surface area contributed by atoms with Crippen LogP contribution in [0.4, 0.5) is 0 Å². The summed E-state index contributed by atoms with van der Waals surface area (Å²) in [5.74, 6) is 0.536. The van der Waals surface area contributed by atoms with Crippen molar-refractivity contribution in [1.29, 1.82) is 0 Å². The van der Waals surface area contributed by atoms with Crippen molar-refractivity contribution in [3.05, 3.63) is 64.2 Å². The van der Waals surface area contributed by atoms with Crippen molar-refractivity contribution in [1.82, 2.24) is 24.6 Å². The first-order valence-electron chi connectivity index (χ1n) is 12.1. The largest absolute Gasteiger partial charge is 0.472 e. The van der Waals surface area contributed by atoms with Crippen molar-refractivity contribution < 1.29 is 14.3 Å². The molecule has 0 unspecified atom stereocenters. The van der Waals surface area contributed by atoms with Crippen molar-refractivity contribution >= 4 is 27.7 Å². The highest BCUT2D eigenvalue weighted by Crippen LogP contribution is 2.30. The molecule has 1 N–H and O–H groups in total. The number of ether oxygens (including phenoxy) is 2. The fraction of sp³-hybridized carbons (Fsp3) is 0.385. The summed E-state index contributed by atoms with van der Waals surface area (Å²) >= 11 is 0. The number of aromatic nitrogens is 4. The normalized spacial score (nSPS) is 19.0. The lowest BCUT2D eigenvalue weighted by Crippen LogP contribution is -2.31. The average Bonchev–Trinajstić information content (AvgIpc) is 3.53. The Bertz CT molecular complexity index is 1460. The molecule has 5 heterocycles. The SMILES string of the molecule is Cc1cc2[nH]c(=O)c3cnn(C4CCOCC4)c3c2cc1C(=O)N1CC[C@@H](Oc2ccccn2)C1. The summed E-state index contributed by atoms with van der Waals surface area (Å²) in [6.45, 7) is 4.38.